The molecule has 31 heavy (non-hydrogen) atoms. The Labute approximate surface area is 182 Å². The van der Waals surface area contributed by atoms with E-state index in [-0.39, 0.29) is 13.0 Å². The molecule has 0 unspecified atom stereocenters. The minimum atomic E-state index is -0.897. The Morgan fingerprint density at radius 3 is 1.65 bits per heavy atom. The summed E-state index contributed by atoms with van der Waals surface area (Å²) >= 11 is 0. The zero-order valence-corrected chi connectivity index (χ0v) is 17.5. The lowest BCUT2D eigenvalue weighted by atomic mass is 9.80. The summed E-state index contributed by atoms with van der Waals surface area (Å²) in [6.07, 6.45) is -3.00. The number of hydrogen-bond acceptors (Lipinski definition) is 5. The van der Waals surface area contributed by atoms with Crippen molar-refractivity contribution in [3.8, 4) is 0 Å². The van der Waals surface area contributed by atoms with Gasteiger partial charge in [0.15, 0.2) is 6.29 Å². The highest BCUT2D eigenvalue weighted by molar-refractivity contribution is 5.47. The topological polar surface area (TPSA) is 68.2 Å². The lowest BCUT2D eigenvalue weighted by Crippen LogP contribution is -2.50. The largest absolute Gasteiger partial charge is 0.390 e. The molecule has 4 rings (SSSR count). The number of ether oxygens (including phenoxy) is 3. The monoisotopic (exact) mass is 420 g/mol. The van der Waals surface area contributed by atoms with Gasteiger partial charge in [-0.3, -0.25) is 0 Å². The second kappa shape index (κ2) is 9.73. The molecule has 1 aliphatic heterocycles. The zero-order chi connectivity index (χ0) is 21.7. The molecule has 2 N–H and O–H groups in total. The van der Waals surface area contributed by atoms with Crippen molar-refractivity contribution in [1.82, 2.24) is 0 Å². The minimum Gasteiger partial charge on any atom is -0.390 e. The first-order chi connectivity index (χ1) is 15.1. The normalized spacial score (nSPS) is 24.1. The van der Waals surface area contributed by atoms with E-state index < -0.39 is 30.2 Å². The Bertz CT molecular complexity index is 835. The van der Waals surface area contributed by atoms with E-state index in [2.05, 4.69) is 0 Å². The quantitative estimate of drug-likeness (QED) is 0.573. The van der Waals surface area contributed by atoms with Gasteiger partial charge in [0.05, 0.1) is 12.7 Å². The number of benzene rings is 3. The van der Waals surface area contributed by atoms with Crippen LogP contribution in [0.3, 0.4) is 0 Å². The molecular weight excluding hydrogens is 392 g/mol. The average molecular weight is 421 g/mol. The van der Waals surface area contributed by atoms with E-state index in [0.29, 0.717) is 0 Å². The summed E-state index contributed by atoms with van der Waals surface area (Å²) < 4.78 is 17.7. The number of methoxy groups -OCH3 is 1. The third-order valence-corrected chi connectivity index (χ3v) is 5.77. The van der Waals surface area contributed by atoms with Crippen LogP contribution in [0.4, 0.5) is 0 Å². The Morgan fingerprint density at radius 1 is 0.774 bits per heavy atom. The molecule has 3 aromatic carbocycles. The van der Waals surface area contributed by atoms with Crippen LogP contribution >= 0.6 is 0 Å². The highest BCUT2D eigenvalue weighted by atomic mass is 16.7. The highest BCUT2D eigenvalue weighted by Gasteiger charge is 2.41. The molecule has 0 spiro atoms. The molecule has 0 saturated carbocycles. The van der Waals surface area contributed by atoms with Crippen LogP contribution < -0.4 is 0 Å². The third kappa shape index (κ3) is 4.42. The summed E-state index contributed by atoms with van der Waals surface area (Å²) in [5.41, 5.74) is 2.02. The molecule has 4 atom stereocenters. The smallest absolute Gasteiger partial charge is 0.183 e. The van der Waals surface area contributed by atoms with Crippen molar-refractivity contribution in [3.05, 3.63) is 108 Å². The van der Waals surface area contributed by atoms with Crippen molar-refractivity contribution in [1.29, 1.82) is 0 Å². The van der Waals surface area contributed by atoms with Gasteiger partial charge in [0.2, 0.25) is 0 Å². The van der Waals surface area contributed by atoms with Crippen LogP contribution in [0.15, 0.2) is 91.0 Å². The van der Waals surface area contributed by atoms with Crippen molar-refractivity contribution in [2.75, 3.05) is 13.7 Å². The lowest BCUT2D eigenvalue weighted by molar-refractivity contribution is -0.267. The fourth-order valence-electron chi connectivity index (χ4n) is 4.20. The first-order valence-electron chi connectivity index (χ1n) is 10.5. The zero-order valence-electron chi connectivity index (χ0n) is 17.5. The molecule has 1 fully saturated rings. The van der Waals surface area contributed by atoms with Crippen LogP contribution in [0.1, 0.15) is 23.1 Å². The van der Waals surface area contributed by atoms with Gasteiger partial charge in [-0.15, -0.1) is 0 Å². The minimum absolute atomic E-state index is 0.117. The van der Waals surface area contributed by atoms with E-state index in [4.69, 9.17) is 14.2 Å². The van der Waals surface area contributed by atoms with Crippen LogP contribution in [0.25, 0.3) is 0 Å². The molecule has 5 nitrogen and oxygen atoms in total. The number of hydrogen-bond donors (Lipinski definition) is 2. The van der Waals surface area contributed by atoms with Crippen molar-refractivity contribution >= 4 is 0 Å². The molecule has 3 aromatic rings. The van der Waals surface area contributed by atoms with Gasteiger partial charge in [-0.25, -0.2) is 0 Å². The molecule has 162 valence electrons. The van der Waals surface area contributed by atoms with Crippen molar-refractivity contribution in [3.63, 3.8) is 0 Å². The average Bonchev–Trinajstić information content (AvgIpc) is 2.83. The summed E-state index contributed by atoms with van der Waals surface area (Å²) in [7, 11) is 1.48. The number of aliphatic hydroxyl groups is 2. The van der Waals surface area contributed by atoms with Gasteiger partial charge in [0, 0.05) is 13.5 Å². The van der Waals surface area contributed by atoms with Gasteiger partial charge >= 0.3 is 0 Å². The van der Waals surface area contributed by atoms with E-state index in [1.807, 2.05) is 91.0 Å². The predicted octanol–water partition coefficient (Wildman–Crippen LogP) is 3.48. The first-order valence-corrected chi connectivity index (χ1v) is 10.5. The molecule has 1 aliphatic rings. The molecular formula is C26H28O5. The summed E-state index contributed by atoms with van der Waals surface area (Å²) in [5.74, 6) is 0. The van der Waals surface area contributed by atoms with E-state index >= 15 is 0 Å². The highest BCUT2D eigenvalue weighted by Crippen LogP contribution is 2.41. The molecule has 0 aromatic heterocycles. The fourth-order valence-corrected chi connectivity index (χ4v) is 4.20. The fraction of sp³-hybridized carbons (Fsp3) is 0.308. The van der Waals surface area contributed by atoms with Crippen molar-refractivity contribution < 1.29 is 24.4 Å². The third-order valence-electron chi connectivity index (χ3n) is 5.77. The van der Waals surface area contributed by atoms with E-state index in [1.165, 1.54) is 7.11 Å². The van der Waals surface area contributed by atoms with Gasteiger partial charge in [-0.1, -0.05) is 91.0 Å². The second-order valence-corrected chi connectivity index (χ2v) is 7.74. The first kappa shape index (κ1) is 21.7. The van der Waals surface area contributed by atoms with Gasteiger partial charge in [0.1, 0.15) is 17.8 Å². The van der Waals surface area contributed by atoms with Crippen molar-refractivity contribution in [2.24, 2.45) is 0 Å². The van der Waals surface area contributed by atoms with Crippen LogP contribution in [0.5, 0.6) is 0 Å². The Morgan fingerprint density at radius 2 is 1.23 bits per heavy atom. The van der Waals surface area contributed by atoms with Crippen LogP contribution in [-0.2, 0) is 19.8 Å². The van der Waals surface area contributed by atoms with E-state index in [9.17, 15) is 10.2 Å². The Balaban J connectivity index is 1.76. The van der Waals surface area contributed by atoms with Gasteiger partial charge in [0.25, 0.3) is 0 Å². The molecule has 0 radical (unpaired) electrons. The molecule has 5 heteroatoms. The summed E-state index contributed by atoms with van der Waals surface area (Å²) in [4.78, 5) is 0. The van der Waals surface area contributed by atoms with Crippen LogP contribution in [0.2, 0.25) is 0 Å². The van der Waals surface area contributed by atoms with Gasteiger partial charge in [-0.2, -0.15) is 0 Å². The Kier molecular flexibility index (Phi) is 6.80. The summed E-state index contributed by atoms with van der Waals surface area (Å²) in [5, 5.41) is 20.6. The van der Waals surface area contributed by atoms with Crippen LogP contribution in [-0.4, -0.2) is 48.5 Å². The SMILES string of the molecule is CO[C@H]1O[C@H](COC(c2ccccc2)(c2ccccc2)c2ccccc2)[C@@H](O)C[C@@H]1O. The number of aliphatic hydroxyl groups excluding tert-OH is 2. The standard InChI is InChI=1S/C26H28O5/c1-29-25-23(28)17-22(27)24(31-25)18-30-26(19-11-5-2-6-12-19,20-13-7-3-8-14-20)21-15-9-4-10-16-21/h2-16,22-25,27-28H,17-18H2,1H3/t22-,23-,24+,25-/m0/s1. The van der Waals surface area contributed by atoms with E-state index in [0.717, 1.165) is 16.7 Å². The van der Waals surface area contributed by atoms with Crippen LogP contribution in [0, 0.1) is 0 Å². The lowest BCUT2D eigenvalue weighted by Gasteiger charge is -2.40. The second-order valence-electron chi connectivity index (χ2n) is 7.74. The number of rotatable bonds is 7. The maximum atomic E-state index is 10.5. The maximum Gasteiger partial charge on any atom is 0.183 e. The molecule has 0 amide bonds. The van der Waals surface area contributed by atoms with E-state index in [1.54, 1.807) is 0 Å². The summed E-state index contributed by atoms with van der Waals surface area (Å²) in [6, 6.07) is 30.1. The predicted molar refractivity (Wildman–Crippen MR) is 117 cm³/mol. The molecule has 0 bridgehead atoms. The summed E-state index contributed by atoms with van der Waals surface area (Å²) in [6.45, 7) is 0.117. The van der Waals surface area contributed by atoms with Gasteiger partial charge in [-0.05, 0) is 16.7 Å². The van der Waals surface area contributed by atoms with Gasteiger partial charge < -0.3 is 24.4 Å². The molecule has 1 saturated heterocycles. The van der Waals surface area contributed by atoms with Crippen molar-refractivity contribution in [2.45, 2.75) is 36.6 Å². The molecule has 1 heterocycles. The Hall–Kier alpha value is -2.54. The maximum absolute atomic E-state index is 10.5. The molecule has 0 aliphatic carbocycles.